The Bertz CT molecular complexity index is 942. The normalized spacial score (nSPS) is 14.4. The zero-order valence-electron chi connectivity index (χ0n) is 32.8. The molecule has 0 spiro atoms. The van der Waals surface area contributed by atoms with E-state index in [1.807, 2.05) is 21.1 Å². The van der Waals surface area contributed by atoms with E-state index in [9.17, 15) is 14.3 Å². The molecule has 9 heteroatoms. The Morgan fingerprint density at radius 2 is 1.16 bits per heavy atom. The van der Waals surface area contributed by atoms with Crippen molar-refractivity contribution in [2.45, 2.75) is 155 Å². The summed E-state index contributed by atoms with van der Waals surface area (Å²) in [5, 5.41) is 0. The Kier molecular flexibility index (Phi) is 33.5. The third kappa shape index (κ3) is 37.7. The largest absolute Gasteiger partial charge is 0.756 e. The first-order valence-corrected chi connectivity index (χ1v) is 21.3. The molecule has 0 radical (unpaired) electrons. The van der Waals surface area contributed by atoms with Crippen LogP contribution >= 0.6 is 7.82 Å². The van der Waals surface area contributed by atoms with Gasteiger partial charge in [-0.25, -0.2) is 0 Å². The molecule has 0 N–H and O–H groups in total. The number of likely N-dealkylation sites (N-methyl/N-ethyl adjacent to an activating group) is 1. The Balaban J connectivity index is 4.34. The van der Waals surface area contributed by atoms with Crippen molar-refractivity contribution < 1.29 is 37.3 Å². The van der Waals surface area contributed by atoms with Gasteiger partial charge in [0.1, 0.15) is 19.3 Å². The van der Waals surface area contributed by atoms with Gasteiger partial charge < -0.3 is 27.9 Å². The third-order valence-corrected chi connectivity index (χ3v) is 9.08. The molecule has 2 atom stereocenters. The summed E-state index contributed by atoms with van der Waals surface area (Å²) in [6.07, 6.45) is 39.8. The summed E-state index contributed by atoms with van der Waals surface area (Å²) >= 11 is 0. The fourth-order valence-corrected chi connectivity index (χ4v) is 5.75. The average molecular weight is 726 g/mol. The molecule has 0 saturated heterocycles. The summed E-state index contributed by atoms with van der Waals surface area (Å²) in [6, 6.07) is 0. The molecule has 0 heterocycles. The van der Waals surface area contributed by atoms with Crippen molar-refractivity contribution in [3.8, 4) is 0 Å². The fraction of sp³-hybridized carbons (Fsp3) is 0.780. The molecule has 0 aliphatic heterocycles. The monoisotopic (exact) mass is 726 g/mol. The molecule has 2 unspecified atom stereocenters. The minimum absolute atomic E-state index is 0.0175. The lowest BCUT2D eigenvalue weighted by molar-refractivity contribution is -0.870. The first kappa shape index (κ1) is 48.5. The molecular formula is C41H76NO7P. The van der Waals surface area contributed by atoms with Gasteiger partial charge in [0.2, 0.25) is 0 Å². The minimum atomic E-state index is -4.53. The summed E-state index contributed by atoms with van der Waals surface area (Å²) < 4.78 is 34.4. The molecule has 0 saturated carbocycles. The van der Waals surface area contributed by atoms with Crippen LogP contribution in [0, 0.1) is 0 Å². The highest BCUT2D eigenvalue weighted by Crippen LogP contribution is 2.38. The highest BCUT2D eigenvalue weighted by Gasteiger charge is 2.20. The third-order valence-electron chi connectivity index (χ3n) is 8.11. The maximum Gasteiger partial charge on any atom is 0.306 e. The highest BCUT2D eigenvalue weighted by atomic mass is 31.2. The van der Waals surface area contributed by atoms with Crippen molar-refractivity contribution >= 4 is 13.8 Å². The van der Waals surface area contributed by atoms with Crippen LogP contribution in [-0.4, -0.2) is 70.7 Å². The van der Waals surface area contributed by atoms with E-state index in [2.05, 4.69) is 62.5 Å². The Morgan fingerprint density at radius 3 is 1.76 bits per heavy atom. The van der Waals surface area contributed by atoms with E-state index in [1.165, 1.54) is 70.6 Å². The lowest BCUT2D eigenvalue weighted by atomic mass is 10.1. The summed E-state index contributed by atoms with van der Waals surface area (Å²) in [6.45, 7) is 5.22. The van der Waals surface area contributed by atoms with Crippen molar-refractivity contribution in [2.24, 2.45) is 0 Å². The molecule has 292 valence electrons. The summed E-state index contributed by atoms with van der Waals surface area (Å²) in [5.41, 5.74) is 0. The smallest absolute Gasteiger partial charge is 0.306 e. The van der Waals surface area contributed by atoms with Crippen molar-refractivity contribution in [3.63, 3.8) is 0 Å². The Morgan fingerprint density at radius 1 is 0.640 bits per heavy atom. The van der Waals surface area contributed by atoms with Crippen LogP contribution in [0.2, 0.25) is 0 Å². The number of nitrogens with zero attached hydrogens (tertiary/aromatic N) is 1. The predicted octanol–water partition coefficient (Wildman–Crippen LogP) is 10.6. The second kappa shape index (κ2) is 34.5. The van der Waals surface area contributed by atoms with E-state index >= 15 is 0 Å². The lowest BCUT2D eigenvalue weighted by Crippen LogP contribution is -2.37. The van der Waals surface area contributed by atoms with Crippen molar-refractivity contribution in [1.82, 2.24) is 0 Å². The van der Waals surface area contributed by atoms with Gasteiger partial charge in [0.05, 0.1) is 34.4 Å². The molecule has 0 aliphatic carbocycles. The topological polar surface area (TPSA) is 94.1 Å². The number of quaternary nitrogens is 1. The maximum absolute atomic E-state index is 12.6. The molecule has 0 amide bonds. The number of allylic oxidation sites excluding steroid dienone is 8. The molecule has 50 heavy (non-hydrogen) atoms. The quantitative estimate of drug-likeness (QED) is 0.0209. The Hall–Kier alpha value is -1.54. The van der Waals surface area contributed by atoms with Gasteiger partial charge in [-0.1, -0.05) is 120 Å². The second-order valence-electron chi connectivity index (χ2n) is 14.3. The van der Waals surface area contributed by atoms with Crippen LogP contribution in [0.3, 0.4) is 0 Å². The van der Waals surface area contributed by atoms with Crippen molar-refractivity contribution in [3.05, 3.63) is 48.6 Å². The number of ether oxygens (including phenoxy) is 2. The zero-order chi connectivity index (χ0) is 37.0. The minimum Gasteiger partial charge on any atom is -0.756 e. The van der Waals surface area contributed by atoms with Crippen molar-refractivity contribution in [1.29, 1.82) is 0 Å². The standard InChI is InChI=1S/C41H76NO7P/c1-6-8-10-12-14-16-18-20-21-23-25-27-29-31-33-36-46-38-40(39-48-50(44,45)47-37-35-42(3,4)5)49-41(43)34-32-30-28-26-24-22-19-17-15-13-11-9-7-2/h9,11,15,17-18,20,22,24,40H,6-8,10,12-14,16,19,21,23,25-39H2,1-5H3/b11-9-,17-15-,20-18-,24-22-. The SMILES string of the molecule is CC/C=C\C/C=C\C/C=C\CCCCCC(=O)OC(COCCCCCCCC/C=C\CCCCCCC)COP(=O)([O-])OCC[N+](C)(C)C. The van der Waals surface area contributed by atoms with Crippen LogP contribution in [0.4, 0.5) is 0 Å². The van der Waals surface area contributed by atoms with Gasteiger partial charge in [-0.05, 0) is 70.6 Å². The lowest BCUT2D eigenvalue weighted by Gasteiger charge is -2.28. The van der Waals surface area contributed by atoms with E-state index < -0.39 is 13.9 Å². The molecule has 0 aromatic rings. The fourth-order valence-electron chi connectivity index (χ4n) is 5.02. The molecule has 0 bridgehead atoms. The summed E-state index contributed by atoms with van der Waals surface area (Å²) in [4.78, 5) is 24.9. The van der Waals surface area contributed by atoms with Crippen molar-refractivity contribution in [2.75, 3.05) is 54.1 Å². The van der Waals surface area contributed by atoms with Gasteiger partial charge in [-0.3, -0.25) is 9.36 Å². The summed E-state index contributed by atoms with van der Waals surface area (Å²) in [5.74, 6) is -0.367. The van der Waals surface area contributed by atoms with Gasteiger partial charge >= 0.3 is 5.97 Å². The molecule has 0 fully saturated rings. The zero-order valence-corrected chi connectivity index (χ0v) is 33.7. The van der Waals surface area contributed by atoms with E-state index in [4.69, 9.17) is 18.5 Å². The molecular weight excluding hydrogens is 649 g/mol. The number of hydrogen-bond acceptors (Lipinski definition) is 7. The number of unbranched alkanes of at least 4 members (excludes halogenated alkanes) is 14. The predicted molar refractivity (Wildman–Crippen MR) is 208 cm³/mol. The first-order chi connectivity index (χ1) is 24.1. The molecule has 0 aliphatic rings. The summed E-state index contributed by atoms with van der Waals surface area (Å²) in [7, 11) is 1.32. The van der Waals surface area contributed by atoms with Crippen LogP contribution < -0.4 is 4.89 Å². The first-order valence-electron chi connectivity index (χ1n) is 19.9. The molecule has 0 rings (SSSR count). The van der Waals surface area contributed by atoms with Gasteiger partial charge in [-0.2, -0.15) is 0 Å². The van der Waals surface area contributed by atoms with Gasteiger partial charge in [-0.15, -0.1) is 0 Å². The van der Waals surface area contributed by atoms with E-state index in [1.54, 1.807) is 0 Å². The Labute approximate surface area is 308 Å². The molecule has 8 nitrogen and oxygen atoms in total. The van der Waals surface area contributed by atoms with Crippen LogP contribution in [0.25, 0.3) is 0 Å². The molecule has 0 aromatic carbocycles. The number of rotatable bonds is 36. The van der Waals surface area contributed by atoms with Gasteiger partial charge in [0.15, 0.2) is 0 Å². The van der Waals surface area contributed by atoms with Crippen LogP contribution in [0.5, 0.6) is 0 Å². The van der Waals surface area contributed by atoms with Crippen LogP contribution in [0.1, 0.15) is 149 Å². The van der Waals surface area contributed by atoms with E-state index in [0.29, 0.717) is 24.1 Å². The highest BCUT2D eigenvalue weighted by molar-refractivity contribution is 7.45. The number of esters is 1. The number of phosphoric acid groups is 1. The number of phosphoric ester groups is 1. The van der Waals surface area contributed by atoms with Gasteiger partial charge in [0, 0.05) is 13.0 Å². The number of hydrogen-bond donors (Lipinski definition) is 0. The maximum atomic E-state index is 12.6. The average Bonchev–Trinajstić information content (AvgIpc) is 3.06. The second-order valence-corrected chi connectivity index (χ2v) is 15.7. The molecule has 0 aromatic heterocycles. The number of carbonyl (C=O) groups excluding carboxylic acids is 1. The van der Waals surface area contributed by atoms with Crippen LogP contribution in [0.15, 0.2) is 48.6 Å². The van der Waals surface area contributed by atoms with E-state index in [0.717, 1.165) is 51.4 Å². The van der Waals surface area contributed by atoms with Crippen LogP contribution in [-0.2, 0) is 27.9 Å². The van der Waals surface area contributed by atoms with Gasteiger partial charge in [0.25, 0.3) is 7.82 Å². The van der Waals surface area contributed by atoms with E-state index in [-0.39, 0.29) is 32.2 Å². The number of carbonyl (C=O) groups is 1.